The van der Waals surface area contributed by atoms with E-state index in [2.05, 4.69) is 15.3 Å². The first kappa shape index (κ1) is 22.6. The fourth-order valence-electron chi connectivity index (χ4n) is 4.21. The number of methoxy groups -OCH3 is 1. The van der Waals surface area contributed by atoms with Crippen LogP contribution in [0.4, 0.5) is 15.8 Å². The number of carbonyl (C=O) groups excluding carboxylic acids is 1. The third-order valence-electron chi connectivity index (χ3n) is 5.99. The third-order valence-corrected chi connectivity index (χ3v) is 5.99. The van der Waals surface area contributed by atoms with E-state index in [1.165, 1.54) is 40.6 Å². The van der Waals surface area contributed by atoms with E-state index in [9.17, 15) is 14.0 Å². The molecule has 3 heterocycles. The molecule has 1 aliphatic rings. The molecule has 0 bridgehead atoms. The van der Waals surface area contributed by atoms with Gasteiger partial charge in [-0.25, -0.2) is 8.91 Å². The number of amides is 1. The molecule has 0 atom stereocenters. The van der Waals surface area contributed by atoms with Gasteiger partial charge in [-0.1, -0.05) is 0 Å². The number of ether oxygens (including phenoxy) is 2. The number of nitrogens with zero attached hydrogens (tertiary/aromatic N) is 4. The average Bonchev–Trinajstić information content (AvgIpc) is 3.34. The van der Waals surface area contributed by atoms with Gasteiger partial charge in [0.25, 0.3) is 11.5 Å². The van der Waals surface area contributed by atoms with Crippen molar-refractivity contribution in [2.24, 2.45) is 0 Å². The molecule has 10 heteroatoms. The quantitative estimate of drug-likeness (QED) is 0.475. The van der Waals surface area contributed by atoms with Gasteiger partial charge in [0.1, 0.15) is 17.1 Å². The predicted molar refractivity (Wildman–Crippen MR) is 129 cm³/mol. The second-order valence-electron chi connectivity index (χ2n) is 8.18. The maximum atomic E-state index is 13.7. The van der Waals surface area contributed by atoms with E-state index >= 15 is 0 Å². The second kappa shape index (κ2) is 9.22. The lowest BCUT2D eigenvalue weighted by Gasteiger charge is -2.28. The van der Waals surface area contributed by atoms with Gasteiger partial charge >= 0.3 is 0 Å². The fraction of sp³-hybridized carbons (Fsp3) is 0.240. The first-order valence-electron chi connectivity index (χ1n) is 11.1. The molecule has 1 aliphatic heterocycles. The number of fused-ring (bicyclic) bond motifs is 1. The Hall–Kier alpha value is -4.18. The molecule has 0 unspecified atom stereocenters. The van der Waals surface area contributed by atoms with Crippen LogP contribution in [0.5, 0.6) is 5.75 Å². The van der Waals surface area contributed by atoms with Crippen molar-refractivity contribution >= 4 is 22.8 Å². The second-order valence-corrected chi connectivity index (χ2v) is 8.18. The molecule has 1 N–H and O–H groups in total. The summed E-state index contributed by atoms with van der Waals surface area (Å²) in [6, 6.07) is 11.4. The van der Waals surface area contributed by atoms with Gasteiger partial charge in [0.2, 0.25) is 0 Å². The van der Waals surface area contributed by atoms with Crippen molar-refractivity contribution < 1.29 is 18.7 Å². The molecule has 35 heavy (non-hydrogen) atoms. The lowest BCUT2D eigenvalue weighted by atomic mass is 10.2. The summed E-state index contributed by atoms with van der Waals surface area (Å²) >= 11 is 0. The van der Waals surface area contributed by atoms with Gasteiger partial charge in [0.15, 0.2) is 0 Å². The van der Waals surface area contributed by atoms with Crippen molar-refractivity contribution in [1.82, 2.24) is 14.2 Å². The number of morpholine rings is 1. The molecule has 2 aromatic carbocycles. The Balaban J connectivity index is 1.48. The molecule has 0 radical (unpaired) electrons. The molecule has 0 spiro atoms. The Bertz CT molecular complexity index is 1460. The van der Waals surface area contributed by atoms with E-state index in [1.54, 1.807) is 13.1 Å². The van der Waals surface area contributed by atoms with Crippen LogP contribution in [0.15, 0.2) is 59.7 Å². The zero-order valence-corrected chi connectivity index (χ0v) is 19.3. The van der Waals surface area contributed by atoms with Gasteiger partial charge in [-0.05, 0) is 43.3 Å². The van der Waals surface area contributed by atoms with Crippen molar-refractivity contribution in [3.63, 3.8) is 0 Å². The Morgan fingerprint density at radius 3 is 2.60 bits per heavy atom. The molecule has 0 aliphatic carbocycles. The number of rotatable bonds is 5. The number of benzene rings is 2. The van der Waals surface area contributed by atoms with Crippen LogP contribution in [0.3, 0.4) is 0 Å². The maximum Gasteiger partial charge on any atom is 0.282 e. The predicted octanol–water partition coefficient (Wildman–Crippen LogP) is 3.03. The molecule has 2 aromatic heterocycles. The lowest BCUT2D eigenvalue weighted by Crippen LogP contribution is -2.36. The summed E-state index contributed by atoms with van der Waals surface area (Å²) in [4.78, 5) is 28.8. The highest BCUT2D eigenvalue weighted by molar-refractivity contribution is 6.08. The van der Waals surface area contributed by atoms with Crippen LogP contribution in [0.25, 0.3) is 11.2 Å². The van der Waals surface area contributed by atoms with Crippen LogP contribution < -0.4 is 20.5 Å². The topological polar surface area (TPSA) is 90.1 Å². The van der Waals surface area contributed by atoms with Crippen LogP contribution in [0, 0.1) is 12.7 Å². The molecule has 1 saturated heterocycles. The molecular weight excluding hydrogens is 453 g/mol. The Morgan fingerprint density at radius 2 is 1.89 bits per heavy atom. The van der Waals surface area contributed by atoms with Crippen molar-refractivity contribution in [2.45, 2.75) is 6.92 Å². The molecule has 5 rings (SSSR count). The number of aromatic nitrogens is 3. The summed E-state index contributed by atoms with van der Waals surface area (Å²) in [5.74, 6) is -0.748. The lowest BCUT2D eigenvalue weighted by molar-refractivity contribution is 0.102. The van der Waals surface area contributed by atoms with E-state index in [0.717, 1.165) is 18.8 Å². The minimum Gasteiger partial charge on any atom is -0.494 e. The summed E-state index contributed by atoms with van der Waals surface area (Å²) in [5, 5.41) is 7.09. The number of aryl methyl sites for hydroxylation is 1. The summed E-state index contributed by atoms with van der Waals surface area (Å²) in [7, 11) is 1.40. The third kappa shape index (κ3) is 4.24. The van der Waals surface area contributed by atoms with Crippen LogP contribution in [-0.2, 0) is 4.74 Å². The summed E-state index contributed by atoms with van der Waals surface area (Å²) < 4.78 is 27.1. The number of nitrogens with one attached hydrogen (secondary N) is 1. The fourth-order valence-corrected chi connectivity index (χ4v) is 4.21. The van der Waals surface area contributed by atoms with Crippen molar-refractivity contribution in [2.75, 3.05) is 43.6 Å². The van der Waals surface area contributed by atoms with E-state index in [1.807, 2.05) is 24.3 Å². The van der Waals surface area contributed by atoms with E-state index < -0.39 is 17.3 Å². The first-order valence-corrected chi connectivity index (χ1v) is 11.1. The minimum atomic E-state index is -0.486. The molecule has 1 fully saturated rings. The van der Waals surface area contributed by atoms with E-state index in [4.69, 9.17) is 9.47 Å². The Morgan fingerprint density at radius 1 is 1.14 bits per heavy atom. The normalized spacial score (nSPS) is 13.7. The molecule has 180 valence electrons. The van der Waals surface area contributed by atoms with Crippen LogP contribution >= 0.6 is 0 Å². The number of carbonyl (C=O) groups is 1. The highest BCUT2D eigenvalue weighted by atomic mass is 19.1. The highest BCUT2D eigenvalue weighted by Gasteiger charge is 2.21. The first-order chi connectivity index (χ1) is 17.0. The van der Waals surface area contributed by atoms with Gasteiger partial charge in [0.05, 0.1) is 43.5 Å². The van der Waals surface area contributed by atoms with Gasteiger partial charge < -0.3 is 19.7 Å². The van der Waals surface area contributed by atoms with Crippen LogP contribution in [-0.4, -0.2) is 53.5 Å². The number of hydrogen-bond acceptors (Lipinski definition) is 6. The summed E-state index contributed by atoms with van der Waals surface area (Å²) in [6.45, 7) is 4.77. The smallest absolute Gasteiger partial charge is 0.282 e. The zero-order valence-electron chi connectivity index (χ0n) is 19.3. The molecule has 0 saturated carbocycles. The average molecular weight is 477 g/mol. The largest absolute Gasteiger partial charge is 0.494 e. The SMILES string of the molecule is COc1cc(F)ccc1-n1cc(C)n2ncc(C(=O)Nc3ccc(N4CCOCC4)cc3)c2c1=O. The van der Waals surface area contributed by atoms with Crippen LogP contribution in [0.2, 0.25) is 0 Å². The maximum absolute atomic E-state index is 13.7. The molecule has 4 aromatic rings. The molecule has 1 amide bonds. The standard InChI is InChI=1S/C25H24FN5O4/c1-16-15-30(21-8-3-17(26)13-22(21)34-2)25(33)23-20(14-27-31(16)23)24(32)28-18-4-6-19(7-5-18)29-9-11-35-12-10-29/h3-8,13-15H,9-12H2,1-2H3,(H,28,32). The van der Waals surface area contributed by atoms with Crippen LogP contribution in [0.1, 0.15) is 16.1 Å². The van der Waals surface area contributed by atoms with Gasteiger partial charge in [0, 0.05) is 36.7 Å². The summed E-state index contributed by atoms with van der Waals surface area (Å²) in [5.41, 5.74) is 2.37. The van der Waals surface area contributed by atoms with Crippen molar-refractivity contribution in [1.29, 1.82) is 0 Å². The minimum absolute atomic E-state index is 0.110. The number of anilines is 2. The Kier molecular flexibility index (Phi) is 5.96. The zero-order chi connectivity index (χ0) is 24.5. The van der Waals surface area contributed by atoms with Gasteiger partial charge in [-0.3, -0.25) is 14.2 Å². The summed E-state index contributed by atoms with van der Waals surface area (Å²) in [6.07, 6.45) is 2.94. The number of hydrogen-bond donors (Lipinski definition) is 1. The van der Waals surface area contributed by atoms with Gasteiger partial charge in [-0.15, -0.1) is 0 Å². The molecule has 9 nitrogen and oxygen atoms in total. The van der Waals surface area contributed by atoms with Gasteiger partial charge in [-0.2, -0.15) is 5.10 Å². The highest BCUT2D eigenvalue weighted by Crippen LogP contribution is 2.24. The van der Waals surface area contributed by atoms with E-state index in [0.29, 0.717) is 30.3 Å². The van der Waals surface area contributed by atoms with E-state index in [-0.39, 0.29) is 16.8 Å². The van der Waals surface area contributed by atoms with Crippen molar-refractivity contribution in [3.8, 4) is 11.4 Å². The monoisotopic (exact) mass is 477 g/mol. The number of halogens is 1. The van der Waals surface area contributed by atoms with Crippen molar-refractivity contribution in [3.05, 3.63) is 82.3 Å². The Labute approximate surface area is 200 Å². The molecular formula is C25H24FN5O4.